The standard InChI is InChI=1S/C20H19ClN2O3S/c1-13-18(27-11-10-26-13)20(25)23-17-8-4-15(5-9-17)19(24)22-12-14-2-6-16(21)7-3-14/h2-9H,10-12H2,1H3,(H,22,24)(H,23,25). The number of carbonyl (C=O) groups is 2. The van der Waals surface area contributed by atoms with Gasteiger partial charge in [0.25, 0.3) is 11.8 Å². The first-order valence-corrected chi connectivity index (χ1v) is 9.80. The number of halogens is 1. The van der Waals surface area contributed by atoms with E-state index in [4.69, 9.17) is 16.3 Å². The first-order valence-electron chi connectivity index (χ1n) is 8.43. The fourth-order valence-electron chi connectivity index (χ4n) is 2.51. The smallest absolute Gasteiger partial charge is 0.265 e. The van der Waals surface area contributed by atoms with Crippen molar-refractivity contribution in [2.45, 2.75) is 13.5 Å². The molecule has 0 atom stereocenters. The Morgan fingerprint density at radius 1 is 1.07 bits per heavy atom. The second-order valence-corrected chi connectivity index (χ2v) is 7.46. The SMILES string of the molecule is CC1=C(C(=O)Nc2ccc(C(=O)NCc3ccc(Cl)cc3)cc2)SCCO1. The van der Waals surface area contributed by atoms with Gasteiger partial charge in [-0.05, 0) is 48.9 Å². The quantitative estimate of drug-likeness (QED) is 0.786. The molecule has 1 aliphatic rings. The van der Waals surface area contributed by atoms with Crippen LogP contribution in [0.5, 0.6) is 0 Å². The largest absolute Gasteiger partial charge is 0.496 e. The summed E-state index contributed by atoms with van der Waals surface area (Å²) in [6, 6.07) is 14.1. The van der Waals surface area contributed by atoms with Crippen LogP contribution in [0.4, 0.5) is 5.69 Å². The van der Waals surface area contributed by atoms with E-state index in [1.807, 2.05) is 12.1 Å². The van der Waals surface area contributed by atoms with Gasteiger partial charge >= 0.3 is 0 Å². The zero-order valence-electron chi connectivity index (χ0n) is 14.8. The molecule has 1 aliphatic heterocycles. The minimum atomic E-state index is -0.197. The Morgan fingerprint density at radius 3 is 2.44 bits per heavy atom. The van der Waals surface area contributed by atoms with E-state index in [-0.39, 0.29) is 11.8 Å². The monoisotopic (exact) mass is 402 g/mol. The average molecular weight is 403 g/mol. The van der Waals surface area contributed by atoms with Gasteiger partial charge in [0.05, 0.1) is 6.61 Å². The van der Waals surface area contributed by atoms with Gasteiger partial charge in [-0.15, -0.1) is 11.8 Å². The summed E-state index contributed by atoms with van der Waals surface area (Å²) in [5, 5.41) is 6.34. The van der Waals surface area contributed by atoms with Gasteiger partial charge in [-0.3, -0.25) is 9.59 Å². The Hall–Kier alpha value is -2.44. The molecule has 3 rings (SSSR count). The highest BCUT2D eigenvalue weighted by Gasteiger charge is 2.18. The van der Waals surface area contributed by atoms with Crippen LogP contribution in [0.1, 0.15) is 22.8 Å². The van der Waals surface area contributed by atoms with Crippen LogP contribution in [-0.4, -0.2) is 24.2 Å². The Labute approximate surface area is 167 Å². The van der Waals surface area contributed by atoms with Crippen LogP contribution in [0, 0.1) is 0 Å². The second kappa shape index (κ2) is 8.97. The fourth-order valence-corrected chi connectivity index (χ4v) is 3.45. The molecule has 2 aromatic carbocycles. The van der Waals surface area contributed by atoms with Crippen molar-refractivity contribution in [3.63, 3.8) is 0 Å². The summed E-state index contributed by atoms with van der Waals surface area (Å²) in [5.74, 6) is 1.02. The molecule has 1 heterocycles. The summed E-state index contributed by atoms with van der Waals surface area (Å²) in [4.78, 5) is 25.2. The lowest BCUT2D eigenvalue weighted by Gasteiger charge is -2.17. The molecule has 0 aliphatic carbocycles. The predicted octanol–water partition coefficient (Wildman–Crippen LogP) is 4.20. The molecule has 2 N–H and O–H groups in total. The fraction of sp³-hybridized carbons (Fsp3) is 0.200. The summed E-state index contributed by atoms with van der Waals surface area (Å²) in [7, 11) is 0. The maximum atomic E-state index is 12.3. The Kier molecular flexibility index (Phi) is 6.42. The molecule has 0 aromatic heterocycles. The number of benzene rings is 2. The zero-order chi connectivity index (χ0) is 19.2. The number of anilines is 1. The van der Waals surface area contributed by atoms with Gasteiger partial charge in [0.15, 0.2) is 0 Å². The van der Waals surface area contributed by atoms with E-state index in [2.05, 4.69) is 10.6 Å². The van der Waals surface area contributed by atoms with Gasteiger partial charge in [0, 0.05) is 28.6 Å². The van der Waals surface area contributed by atoms with Gasteiger partial charge < -0.3 is 15.4 Å². The number of ether oxygens (including phenoxy) is 1. The van der Waals surface area contributed by atoms with E-state index in [1.54, 1.807) is 43.3 Å². The van der Waals surface area contributed by atoms with E-state index in [1.165, 1.54) is 11.8 Å². The molecule has 0 fully saturated rings. The van der Waals surface area contributed by atoms with Gasteiger partial charge in [-0.1, -0.05) is 23.7 Å². The van der Waals surface area contributed by atoms with Crippen LogP contribution in [0.3, 0.4) is 0 Å². The van der Waals surface area contributed by atoms with E-state index < -0.39 is 0 Å². The second-order valence-electron chi connectivity index (χ2n) is 5.92. The van der Waals surface area contributed by atoms with Crippen LogP contribution in [0.15, 0.2) is 59.2 Å². The third-order valence-electron chi connectivity index (χ3n) is 3.95. The van der Waals surface area contributed by atoms with Crippen molar-refractivity contribution >= 4 is 40.9 Å². The highest BCUT2D eigenvalue weighted by Crippen LogP contribution is 2.26. The lowest BCUT2D eigenvalue weighted by molar-refractivity contribution is -0.112. The van der Waals surface area contributed by atoms with Gasteiger partial charge in [-0.2, -0.15) is 0 Å². The van der Waals surface area contributed by atoms with Gasteiger partial charge in [-0.25, -0.2) is 0 Å². The molecule has 0 spiro atoms. The molecule has 27 heavy (non-hydrogen) atoms. The maximum Gasteiger partial charge on any atom is 0.265 e. The molecular weight excluding hydrogens is 384 g/mol. The van der Waals surface area contributed by atoms with E-state index >= 15 is 0 Å². The topological polar surface area (TPSA) is 67.4 Å². The molecular formula is C20H19ClN2O3S. The van der Waals surface area contributed by atoms with Crippen molar-refractivity contribution in [1.29, 1.82) is 0 Å². The molecule has 7 heteroatoms. The summed E-state index contributed by atoms with van der Waals surface area (Å²) >= 11 is 7.33. The molecule has 140 valence electrons. The lowest BCUT2D eigenvalue weighted by atomic mass is 10.1. The van der Waals surface area contributed by atoms with Crippen molar-refractivity contribution in [3.05, 3.63) is 75.3 Å². The highest BCUT2D eigenvalue weighted by atomic mass is 35.5. The van der Waals surface area contributed by atoms with Crippen molar-refractivity contribution in [2.75, 3.05) is 17.7 Å². The van der Waals surface area contributed by atoms with Crippen LogP contribution in [0.25, 0.3) is 0 Å². The van der Waals surface area contributed by atoms with Crippen molar-refractivity contribution in [1.82, 2.24) is 5.32 Å². The molecule has 0 saturated carbocycles. The molecule has 0 saturated heterocycles. The van der Waals surface area contributed by atoms with Crippen LogP contribution in [0.2, 0.25) is 5.02 Å². The van der Waals surface area contributed by atoms with Crippen LogP contribution in [-0.2, 0) is 16.1 Å². The van der Waals surface area contributed by atoms with Crippen LogP contribution < -0.4 is 10.6 Å². The van der Waals surface area contributed by atoms with E-state index in [0.29, 0.717) is 40.1 Å². The zero-order valence-corrected chi connectivity index (χ0v) is 16.3. The number of allylic oxidation sites excluding steroid dienone is 1. The number of hydrogen-bond donors (Lipinski definition) is 2. The normalized spacial score (nSPS) is 13.7. The lowest BCUT2D eigenvalue weighted by Crippen LogP contribution is -2.22. The van der Waals surface area contributed by atoms with Gasteiger partial charge in [0.1, 0.15) is 10.7 Å². The first-order chi connectivity index (χ1) is 13.0. The minimum absolute atomic E-state index is 0.183. The number of thioether (sulfide) groups is 1. The first kappa shape index (κ1) is 19.3. The maximum absolute atomic E-state index is 12.3. The summed E-state index contributed by atoms with van der Waals surface area (Å²) in [6.45, 7) is 2.82. The van der Waals surface area contributed by atoms with E-state index in [9.17, 15) is 9.59 Å². The third kappa shape index (κ3) is 5.28. The Bertz CT molecular complexity index is 864. The number of hydrogen-bond acceptors (Lipinski definition) is 4. The predicted molar refractivity (Wildman–Crippen MR) is 109 cm³/mol. The number of rotatable bonds is 5. The van der Waals surface area contributed by atoms with E-state index in [0.717, 1.165) is 11.3 Å². The van der Waals surface area contributed by atoms with Crippen LogP contribution >= 0.6 is 23.4 Å². The Morgan fingerprint density at radius 2 is 1.78 bits per heavy atom. The summed E-state index contributed by atoms with van der Waals surface area (Å²) in [6.07, 6.45) is 0. The van der Waals surface area contributed by atoms with Gasteiger partial charge in [0.2, 0.25) is 0 Å². The number of carbonyl (C=O) groups excluding carboxylic acids is 2. The average Bonchev–Trinajstić information content (AvgIpc) is 2.68. The van der Waals surface area contributed by atoms with Crippen molar-refractivity contribution in [2.24, 2.45) is 0 Å². The summed E-state index contributed by atoms with van der Waals surface area (Å²) < 4.78 is 5.41. The molecule has 5 nitrogen and oxygen atoms in total. The van der Waals surface area contributed by atoms with Crippen molar-refractivity contribution in [3.8, 4) is 0 Å². The number of amides is 2. The molecule has 0 bridgehead atoms. The highest BCUT2D eigenvalue weighted by molar-refractivity contribution is 8.04. The molecule has 2 amide bonds. The number of nitrogens with one attached hydrogen (secondary N) is 2. The minimum Gasteiger partial charge on any atom is -0.496 e. The molecule has 0 radical (unpaired) electrons. The molecule has 2 aromatic rings. The van der Waals surface area contributed by atoms with Crippen molar-refractivity contribution < 1.29 is 14.3 Å². The third-order valence-corrected chi connectivity index (χ3v) is 5.33. The molecule has 0 unspecified atom stereocenters. The summed E-state index contributed by atoms with van der Waals surface area (Å²) in [5.41, 5.74) is 2.11. The Balaban J connectivity index is 1.57.